The van der Waals surface area contributed by atoms with E-state index in [-0.39, 0.29) is 61.3 Å². The first-order chi connectivity index (χ1) is 38.4. The van der Waals surface area contributed by atoms with Crippen LogP contribution < -0.4 is 0 Å². The first-order valence-corrected chi connectivity index (χ1v) is 27.1. The monoisotopic (exact) mass is 1150 g/mol. The van der Waals surface area contributed by atoms with Crippen molar-refractivity contribution in [3.63, 3.8) is 0 Å². The summed E-state index contributed by atoms with van der Waals surface area (Å²) < 4.78 is 87.0. The van der Waals surface area contributed by atoms with Crippen molar-refractivity contribution >= 4 is 36.0 Å². The number of hydrogen-bond donors (Lipinski definition) is 0. The van der Waals surface area contributed by atoms with Crippen molar-refractivity contribution in [3.8, 4) is 0 Å². The summed E-state index contributed by atoms with van der Waals surface area (Å²) in [4.78, 5) is 86.2. The Labute approximate surface area is 470 Å². The van der Waals surface area contributed by atoms with Gasteiger partial charge in [0.25, 0.3) is 0 Å². The number of carbonyl (C=O) groups is 5. The second kappa shape index (κ2) is 30.5. The largest absolute Gasteiger partial charge is 0.467 e. The molecule has 0 N–H and O–H groups in total. The van der Waals surface area contributed by atoms with Crippen molar-refractivity contribution in [2.75, 3.05) is 26.9 Å². The molecule has 27 nitrogen and oxygen atoms in total. The van der Waals surface area contributed by atoms with Crippen LogP contribution >= 0.6 is 0 Å². The van der Waals surface area contributed by atoms with Gasteiger partial charge in [-0.2, -0.15) is 9.59 Å². The van der Waals surface area contributed by atoms with Gasteiger partial charge < -0.3 is 66.3 Å². The van der Waals surface area contributed by atoms with E-state index in [2.05, 4.69) is 20.1 Å². The van der Waals surface area contributed by atoms with E-state index in [1.807, 2.05) is 48.5 Å². The molecule has 0 aromatic heterocycles. The molecule has 450 valence electrons. The molecular weight excluding hydrogens is 1070 g/mol. The van der Waals surface area contributed by atoms with Crippen LogP contribution in [0.3, 0.4) is 0 Å². The zero-order valence-corrected chi connectivity index (χ0v) is 48.2. The van der Waals surface area contributed by atoms with Gasteiger partial charge in [0.05, 0.1) is 61.4 Å². The lowest BCUT2D eigenvalue weighted by Gasteiger charge is -2.51. The van der Waals surface area contributed by atoms with Gasteiger partial charge >= 0.3 is 36.0 Å². The molecule has 0 amide bonds. The highest BCUT2D eigenvalue weighted by Crippen LogP contribution is 2.44. The summed E-state index contributed by atoms with van der Waals surface area (Å²) in [7, 11) is 1.19. The van der Waals surface area contributed by atoms with Gasteiger partial charge in [-0.05, 0) is 72.5 Å². The quantitative estimate of drug-likeness (QED) is 0.0490. The molecule has 0 radical (unpaired) electrons. The zero-order valence-electron chi connectivity index (χ0n) is 48.2. The molecule has 5 fully saturated rings. The van der Waals surface area contributed by atoms with Crippen LogP contribution in [0, 0.1) is 47.3 Å². The second-order valence-electron chi connectivity index (χ2n) is 21.5. The topological polar surface area (TPSA) is 346 Å². The van der Waals surface area contributed by atoms with Gasteiger partial charge in [-0.1, -0.05) is 83.8 Å². The van der Waals surface area contributed by atoms with Crippen LogP contribution in [0.5, 0.6) is 0 Å². The molecule has 5 aliphatic rings. The van der Waals surface area contributed by atoms with E-state index in [4.69, 9.17) is 75.9 Å². The lowest BCUT2D eigenvalue weighted by molar-refractivity contribution is -0.358. The summed E-state index contributed by atoms with van der Waals surface area (Å²) in [5.74, 6) is -6.30. The predicted octanol–water partition coefficient (Wildman–Crippen LogP) is 6.19. The predicted molar refractivity (Wildman–Crippen MR) is 276 cm³/mol. The Morgan fingerprint density at radius 2 is 0.975 bits per heavy atom. The summed E-state index contributed by atoms with van der Waals surface area (Å²) in [5, 5.41) is 8.16. The Morgan fingerprint density at radius 3 is 1.52 bits per heavy atom. The van der Waals surface area contributed by atoms with Gasteiger partial charge in [0.1, 0.15) is 38.1 Å². The minimum Gasteiger partial charge on any atom is -0.467 e. The SMILES string of the molecule is COC(=O)C1O[C@@H](O[C@@H]2C(COC(C)=O)O[C@H](O[C@H]3C(C)C(OC(=O)c4ccccc4)[C@H](O[C@@H]4C(COC(C)=O)O[C@H](C)C(C)[C@H]4C)O[C@H]3C)C(N=[N+]=[N-])[C@H]2C)C(C)[C@@H](C)[C@@H]1O[C@H]1OC(COC(C)=O)[C@@H](C)[C@H](C)C1N=[N+]=[N-].O=C=O. The van der Waals surface area contributed by atoms with Gasteiger partial charge in [0.2, 0.25) is 0 Å². The molecule has 27 heteroatoms. The van der Waals surface area contributed by atoms with E-state index in [0.29, 0.717) is 0 Å². The van der Waals surface area contributed by atoms with Crippen LogP contribution in [0.1, 0.15) is 100 Å². The zero-order chi connectivity index (χ0) is 60.0. The average Bonchev–Trinajstić information content (AvgIpc) is 3.47. The van der Waals surface area contributed by atoms with E-state index in [0.717, 1.165) is 0 Å². The van der Waals surface area contributed by atoms with Crippen LogP contribution in [0.25, 0.3) is 20.9 Å². The van der Waals surface area contributed by atoms with Crippen LogP contribution in [-0.2, 0) is 95.1 Å². The number of esters is 5. The number of azide groups is 2. The fourth-order valence-corrected chi connectivity index (χ4v) is 11.0. The molecule has 0 saturated carbocycles. The maximum absolute atomic E-state index is 13.9. The maximum Gasteiger partial charge on any atom is 0.373 e. The average molecular weight is 1150 g/mol. The molecule has 1 aromatic rings. The molecule has 5 heterocycles. The highest BCUT2D eigenvalue weighted by Gasteiger charge is 2.56. The van der Waals surface area contributed by atoms with Crippen molar-refractivity contribution in [1.29, 1.82) is 0 Å². The van der Waals surface area contributed by atoms with Crippen molar-refractivity contribution in [2.45, 2.75) is 194 Å². The lowest BCUT2D eigenvalue weighted by atomic mass is 9.81. The normalized spacial score (nSPS) is 39.3. The van der Waals surface area contributed by atoms with Crippen molar-refractivity contribution in [2.24, 2.45) is 57.6 Å². The first kappa shape index (κ1) is 66.0. The van der Waals surface area contributed by atoms with Crippen LogP contribution in [0.15, 0.2) is 40.6 Å². The highest BCUT2D eigenvalue weighted by molar-refractivity contribution is 5.89. The molecule has 1 aromatic carbocycles. The lowest BCUT2D eigenvalue weighted by Crippen LogP contribution is -2.63. The highest BCUT2D eigenvalue weighted by atomic mass is 16.8. The van der Waals surface area contributed by atoms with Crippen LogP contribution in [0.2, 0.25) is 0 Å². The molecule has 0 spiro atoms. The third-order valence-corrected chi connectivity index (χ3v) is 16.4. The molecule has 81 heavy (non-hydrogen) atoms. The number of hydrogen-bond acceptors (Lipinski definition) is 23. The maximum atomic E-state index is 13.9. The molecule has 5 saturated heterocycles. The standard InChI is InChI=1S/C53H78N6O19.CO2/c1-23-26(4)43(38(69-31(23)9)21-67-34(12)61)76-53-46(73-48(63)36-18-16-15-17-19-36)30(8)42(32(10)70-53)74-52-41(57-59-55)29(7)44(39(72-52)22-68-35(13)62)75-50-28(6)27(5)45(47(78-50)49(64)65-14)77-51-40(56-58-54)25(3)24(2)37(71-51)20-66-33(11)60;2-1-3/h15-19,23-32,37-47,50-53H,20-22H2,1-14H3;/t23?,24-,25-,26+,27+,28?,29+,30?,31+,32-,37?,38?,39?,40?,41?,42-,43-,44-,45-,46?,47?,50+,51+,52+,53-;/m0./s1. The molecule has 5 aliphatic heterocycles. The van der Waals surface area contributed by atoms with Gasteiger partial charge in [-0.15, -0.1) is 0 Å². The number of carbonyl (C=O) groups excluding carboxylic acids is 7. The smallest absolute Gasteiger partial charge is 0.373 e. The summed E-state index contributed by atoms with van der Waals surface area (Å²) >= 11 is 0. The second-order valence-corrected chi connectivity index (χ2v) is 21.5. The summed E-state index contributed by atoms with van der Waals surface area (Å²) in [6, 6.07) is 6.44. The number of benzene rings is 1. The summed E-state index contributed by atoms with van der Waals surface area (Å²) in [5.41, 5.74) is 19.9. The van der Waals surface area contributed by atoms with E-state index >= 15 is 0 Å². The van der Waals surface area contributed by atoms with Crippen LogP contribution in [-0.4, -0.2) is 167 Å². The minimum absolute atomic E-state index is 0.0139. The van der Waals surface area contributed by atoms with Crippen molar-refractivity contribution in [3.05, 3.63) is 56.8 Å². The minimum atomic E-state index is -1.43. The fraction of sp³-hybridized carbons (Fsp3) is 0.778. The van der Waals surface area contributed by atoms with E-state index in [9.17, 15) is 35.0 Å². The van der Waals surface area contributed by atoms with E-state index < -0.39 is 152 Å². The Hall–Kier alpha value is -5.79. The first-order valence-electron chi connectivity index (χ1n) is 27.1. The van der Waals surface area contributed by atoms with Gasteiger partial charge in [0, 0.05) is 42.4 Å². The van der Waals surface area contributed by atoms with E-state index in [1.54, 1.807) is 51.1 Å². The van der Waals surface area contributed by atoms with E-state index in [1.165, 1.54) is 27.9 Å². The van der Waals surface area contributed by atoms with Crippen LogP contribution in [0.4, 0.5) is 0 Å². The number of ether oxygens (including phenoxy) is 14. The fourth-order valence-electron chi connectivity index (χ4n) is 11.0. The molecular formula is C54H78N6O21. The molecule has 0 aliphatic carbocycles. The molecule has 10 unspecified atom stereocenters. The molecule has 25 atom stereocenters. The third kappa shape index (κ3) is 16.5. The summed E-state index contributed by atoms with van der Waals surface area (Å²) in [6.07, 6.45) is -14.3. The van der Waals surface area contributed by atoms with Gasteiger partial charge in [-0.3, -0.25) is 14.4 Å². The Kier molecular flexibility index (Phi) is 24.9. The number of rotatable bonds is 19. The van der Waals surface area contributed by atoms with Gasteiger partial charge in [0.15, 0.2) is 37.4 Å². The Morgan fingerprint density at radius 1 is 0.506 bits per heavy atom. The van der Waals surface area contributed by atoms with Crippen molar-refractivity contribution in [1.82, 2.24) is 0 Å². The number of nitrogens with zero attached hydrogens (tertiary/aromatic N) is 6. The molecule has 6 rings (SSSR count). The molecule has 0 bridgehead atoms. The Bertz CT molecular complexity index is 2410. The van der Waals surface area contributed by atoms with Crippen molar-refractivity contribution < 1.29 is 99.9 Å². The third-order valence-electron chi connectivity index (χ3n) is 16.4. The Balaban J connectivity index is 0.00000392. The number of methoxy groups -OCH3 is 1. The van der Waals surface area contributed by atoms with Gasteiger partial charge in [-0.25, -0.2) is 9.59 Å². The summed E-state index contributed by atoms with van der Waals surface area (Å²) in [6.45, 7) is 22.0.